The van der Waals surface area contributed by atoms with Gasteiger partial charge < -0.3 is 15.0 Å². The van der Waals surface area contributed by atoms with Gasteiger partial charge in [-0.25, -0.2) is 0 Å². The van der Waals surface area contributed by atoms with Gasteiger partial charge in [0.25, 0.3) is 0 Å². The van der Waals surface area contributed by atoms with E-state index in [1.54, 1.807) is 7.11 Å². The van der Waals surface area contributed by atoms with E-state index in [0.717, 1.165) is 42.8 Å². The van der Waals surface area contributed by atoms with Crippen LogP contribution in [-0.2, 0) is 19.3 Å². The number of benzene rings is 1. The molecule has 4 heteroatoms. The highest BCUT2D eigenvalue weighted by atomic mass is 16.5. The lowest BCUT2D eigenvalue weighted by atomic mass is 10.0. The summed E-state index contributed by atoms with van der Waals surface area (Å²) in [6.07, 6.45) is 3.70. The minimum absolute atomic E-state index is 0.534. The number of hydrogen-bond acceptors (Lipinski definition) is 4. The molecule has 1 aromatic heterocycles. The molecule has 0 unspecified atom stereocenters. The molecule has 102 valence electrons. The molecule has 19 heavy (non-hydrogen) atoms. The second-order valence-corrected chi connectivity index (χ2v) is 4.57. The van der Waals surface area contributed by atoms with E-state index in [-0.39, 0.29) is 0 Å². The summed E-state index contributed by atoms with van der Waals surface area (Å²) >= 11 is 0. The predicted octanol–water partition coefficient (Wildman–Crippen LogP) is 3.00. The highest BCUT2D eigenvalue weighted by Crippen LogP contribution is 2.20. The number of nitrogens with zero attached hydrogens (tertiary/aromatic N) is 1. The molecular formula is C15H20N2O2. The molecule has 2 aromatic rings. The number of nitrogens with two attached hydrogens (primary N) is 1. The molecule has 4 nitrogen and oxygen atoms in total. The first-order valence-electron chi connectivity index (χ1n) is 6.60. The second kappa shape index (κ2) is 6.27. The van der Waals surface area contributed by atoms with Gasteiger partial charge in [-0.05, 0) is 30.5 Å². The normalized spacial score (nSPS) is 10.6. The zero-order valence-electron chi connectivity index (χ0n) is 11.5. The van der Waals surface area contributed by atoms with Gasteiger partial charge in [0, 0.05) is 12.0 Å². The minimum atomic E-state index is 0.534. The van der Waals surface area contributed by atoms with Crippen LogP contribution in [0.25, 0.3) is 0 Å². The van der Waals surface area contributed by atoms with E-state index >= 15 is 0 Å². The van der Waals surface area contributed by atoms with Gasteiger partial charge in [0.2, 0.25) is 0 Å². The van der Waals surface area contributed by atoms with Crippen LogP contribution >= 0.6 is 0 Å². The zero-order valence-corrected chi connectivity index (χ0v) is 11.5. The van der Waals surface area contributed by atoms with Crippen LogP contribution in [0.2, 0.25) is 0 Å². The molecule has 0 aliphatic rings. The van der Waals surface area contributed by atoms with Crippen LogP contribution in [0.5, 0.6) is 5.75 Å². The first-order valence-corrected chi connectivity index (χ1v) is 6.60. The number of hydrogen-bond donors (Lipinski definition) is 1. The average Bonchev–Trinajstić information content (AvgIpc) is 2.79. The Morgan fingerprint density at radius 2 is 1.89 bits per heavy atom. The Morgan fingerprint density at radius 3 is 2.53 bits per heavy atom. The third-order valence-corrected chi connectivity index (χ3v) is 3.20. The number of aromatic nitrogens is 1. The van der Waals surface area contributed by atoms with Crippen molar-refractivity contribution in [2.24, 2.45) is 0 Å². The lowest BCUT2D eigenvalue weighted by Crippen LogP contribution is -1.97. The molecule has 0 radical (unpaired) electrons. The fraction of sp³-hybridized carbons (Fsp3) is 0.400. The van der Waals surface area contributed by atoms with Crippen LogP contribution < -0.4 is 10.5 Å². The lowest BCUT2D eigenvalue weighted by molar-refractivity contribution is 0.384. The Hall–Kier alpha value is -1.97. The Labute approximate surface area is 113 Å². The maximum absolute atomic E-state index is 5.81. The van der Waals surface area contributed by atoms with Crippen molar-refractivity contribution in [2.45, 2.75) is 32.6 Å². The van der Waals surface area contributed by atoms with E-state index in [1.807, 2.05) is 12.1 Å². The highest BCUT2D eigenvalue weighted by molar-refractivity contribution is 5.40. The van der Waals surface area contributed by atoms with Gasteiger partial charge >= 0.3 is 0 Å². The third-order valence-electron chi connectivity index (χ3n) is 3.20. The van der Waals surface area contributed by atoms with Crippen LogP contribution in [0.1, 0.15) is 30.2 Å². The minimum Gasteiger partial charge on any atom is -0.497 e. The van der Waals surface area contributed by atoms with Crippen molar-refractivity contribution in [3.63, 3.8) is 0 Å². The average molecular weight is 260 g/mol. The van der Waals surface area contributed by atoms with Crippen molar-refractivity contribution in [1.29, 1.82) is 0 Å². The summed E-state index contributed by atoms with van der Waals surface area (Å²) in [5.41, 5.74) is 8.13. The number of aryl methyl sites for hydroxylation is 2. The topological polar surface area (TPSA) is 61.3 Å². The van der Waals surface area contributed by atoms with E-state index in [1.165, 1.54) is 5.56 Å². The van der Waals surface area contributed by atoms with Gasteiger partial charge in [-0.1, -0.05) is 30.6 Å². The molecule has 0 saturated heterocycles. The Balaban J connectivity index is 2.01. The number of ether oxygens (including phenoxy) is 1. The summed E-state index contributed by atoms with van der Waals surface area (Å²) in [4.78, 5) is 0. The molecule has 1 heterocycles. The number of methoxy groups -OCH3 is 1. The zero-order chi connectivity index (χ0) is 13.7. The maximum Gasteiger partial charge on any atom is 0.170 e. The van der Waals surface area contributed by atoms with Crippen molar-refractivity contribution in [2.75, 3.05) is 12.8 Å². The molecule has 2 rings (SSSR count). The van der Waals surface area contributed by atoms with Crippen molar-refractivity contribution in [3.8, 4) is 5.75 Å². The van der Waals surface area contributed by atoms with E-state index in [0.29, 0.717) is 5.82 Å². The van der Waals surface area contributed by atoms with Crippen LogP contribution in [0.4, 0.5) is 5.82 Å². The number of nitrogen functional groups attached to an aromatic ring is 1. The Kier molecular flexibility index (Phi) is 4.44. The Bertz CT molecular complexity index is 517. The van der Waals surface area contributed by atoms with Crippen molar-refractivity contribution in [3.05, 3.63) is 41.2 Å². The SMILES string of the molecule is CCCc1c(N)noc1CCc1ccc(OC)cc1. The first kappa shape index (κ1) is 13.5. The molecule has 0 fully saturated rings. The van der Waals surface area contributed by atoms with Gasteiger partial charge in [0.1, 0.15) is 11.5 Å². The summed E-state index contributed by atoms with van der Waals surface area (Å²) in [7, 11) is 1.67. The van der Waals surface area contributed by atoms with Gasteiger partial charge in [-0.3, -0.25) is 0 Å². The number of anilines is 1. The quantitative estimate of drug-likeness (QED) is 0.867. The summed E-state index contributed by atoms with van der Waals surface area (Å²) < 4.78 is 10.5. The third kappa shape index (κ3) is 3.28. The van der Waals surface area contributed by atoms with E-state index in [2.05, 4.69) is 24.2 Å². The monoisotopic (exact) mass is 260 g/mol. The molecule has 0 atom stereocenters. The Morgan fingerprint density at radius 1 is 1.16 bits per heavy atom. The molecule has 0 aliphatic carbocycles. The van der Waals surface area contributed by atoms with Gasteiger partial charge in [0.05, 0.1) is 7.11 Å². The molecule has 1 aromatic carbocycles. The molecule has 0 spiro atoms. The van der Waals surface area contributed by atoms with Crippen LogP contribution in [-0.4, -0.2) is 12.3 Å². The molecular weight excluding hydrogens is 240 g/mol. The van der Waals surface area contributed by atoms with Gasteiger partial charge in [-0.2, -0.15) is 0 Å². The molecule has 2 N–H and O–H groups in total. The summed E-state index contributed by atoms with van der Waals surface area (Å²) in [5.74, 6) is 2.32. The summed E-state index contributed by atoms with van der Waals surface area (Å²) in [5, 5.41) is 3.86. The van der Waals surface area contributed by atoms with E-state index in [4.69, 9.17) is 15.0 Å². The fourth-order valence-electron chi connectivity index (χ4n) is 2.12. The van der Waals surface area contributed by atoms with Crippen molar-refractivity contribution >= 4 is 5.82 Å². The second-order valence-electron chi connectivity index (χ2n) is 4.57. The standard InChI is InChI=1S/C15H20N2O2/c1-3-4-13-14(19-17-15(13)16)10-7-11-5-8-12(18-2)9-6-11/h5-6,8-9H,3-4,7,10H2,1-2H3,(H2,16,17). The van der Waals surface area contributed by atoms with Crippen LogP contribution in [0.3, 0.4) is 0 Å². The van der Waals surface area contributed by atoms with Crippen LogP contribution in [0.15, 0.2) is 28.8 Å². The molecule has 0 aliphatic heterocycles. The van der Waals surface area contributed by atoms with Gasteiger partial charge in [-0.15, -0.1) is 0 Å². The molecule has 0 bridgehead atoms. The van der Waals surface area contributed by atoms with E-state index < -0.39 is 0 Å². The van der Waals surface area contributed by atoms with Crippen molar-refractivity contribution in [1.82, 2.24) is 5.16 Å². The summed E-state index contributed by atoms with van der Waals surface area (Å²) in [6, 6.07) is 8.07. The highest BCUT2D eigenvalue weighted by Gasteiger charge is 2.12. The molecule has 0 saturated carbocycles. The number of rotatable bonds is 6. The summed E-state index contributed by atoms with van der Waals surface area (Å²) in [6.45, 7) is 2.12. The largest absolute Gasteiger partial charge is 0.497 e. The van der Waals surface area contributed by atoms with E-state index in [9.17, 15) is 0 Å². The lowest BCUT2D eigenvalue weighted by Gasteiger charge is -2.03. The maximum atomic E-state index is 5.81. The van der Waals surface area contributed by atoms with Gasteiger partial charge in [0.15, 0.2) is 5.82 Å². The first-order chi connectivity index (χ1) is 9.24. The smallest absolute Gasteiger partial charge is 0.170 e. The predicted molar refractivity (Wildman–Crippen MR) is 75.3 cm³/mol. The van der Waals surface area contributed by atoms with Crippen molar-refractivity contribution < 1.29 is 9.26 Å². The molecule has 0 amide bonds. The fourth-order valence-corrected chi connectivity index (χ4v) is 2.12. The van der Waals surface area contributed by atoms with Crippen LogP contribution in [0, 0.1) is 0 Å².